The average molecular weight is 283 g/mol. The first-order valence-corrected chi connectivity index (χ1v) is 6.86. The number of carbonyl (C=O) groups is 1. The number of carbonyl (C=O) groups excluding carboxylic acids is 1. The van der Waals surface area contributed by atoms with Gasteiger partial charge in [-0.2, -0.15) is 0 Å². The number of rotatable bonds is 3. The molecule has 0 aromatic heterocycles. The van der Waals surface area contributed by atoms with Gasteiger partial charge in [-0.05, 0) is 32.0 Å². The molecule has 5 heteroatoms. The SMILES string of the molecule is CC1CN(C(C)C(=O)Nc2cccc(Cl)c2)CCO1. The molecule has 0 saturated carbocycles. The monoisotopic (exact) mass is 282 g/mol. The molecule has 0 radical (unpaired) electrons. The van der Waals surface area contributed by atoms with Crippen molar-refractivity contribution < 1.29 is 9.53 Å². The number of anilines is 1. The lowest BCUT2D eigenvalue weighted by atomic mass is 10.2. The zero-order valence-electron chi connectivity index (χ0n) is 11.2. The van der Waals surface area contributed by atoms with Gasteiger partial charge in [-0.25, -0.2) is 0 Å². The fourth-order valence-corrected chi connectivity index (χ4v) is 2.37. The molecule has 104 valence electrons. The summed E-state index contributed by atoms with van der Waals surface area (Å²) in [7, 11) is 0. The summed E-state index contributed by atoms with van der Waals surface area (Å²) in [6.45, 7) is 6.18. The van der Waals surface area contributed by atoms with Gasteiger partial charge < -0.3 is 10.1 Å². The van der Waals surface area contributed by atoms with E-state index < -0.39 is 0 Å². The molecule has 0 bridgehead atoms. The summed E-state index contributed by atoms with van der Waals surface area (Å²) in [5, 5.41) is 3.50. The van der Waals surface area contributed by atoms with Crippen molar-refractivity contribution in [3.63, 3.8) is 0 Å². The van der Waals surface area contributed by atoms with Crippen LogP contribution in [0.2, 0.25) is 5.02 Å². The number of benzene rings is 1. The first kappa shape index (κ1) is 14.3. The smallest absolute Gasteiger partial charge is 0.241 e. The standard InChI is InChI=1S/C14H19ClN2O2/c1-10-9-17(6-7-19-10)11(2)14(18)16-13-5-3-4-12(15)8-13/h3-5,8,10-11H,6-7,9H2,1-2H3,(H,16,18). The van der Waals surface area contributed by atoms with E-state index in [1.54, 1.807) is 12.1 Å². The lowest BCUT2D eigenvalue weighted by Crippen LogP contribution is -2.50. The van der Waals surface area contributed by atoms with Crippen LogP contribution in [0.1, 0.15) is 13.8 Å². The highest BCUT2D eigenvalue weighted by molar-refractivity contribution is 6.30. The van der Waals surface area contributed by atoms with Gasteiger partial charge in [0.1, 0.15) is 0 Å². The Morgan fingerprint density at radius 3 is 3.05 bits per heavy atom. The van der Waals surface area contributed by atoms with E-state index in [1.807, 2.05) is 26.0 Å². The highest BCUT2D eigenvalue weighted by Crippen LogP contribution is 2.16. The molecule has 1 aromatic carbocycles. The molecule has 0 aliphatic carbocycles. The maximum Gasteiger partial charge on any atom is 0.241 e. The number of hydrogen-bond donors (Lipinski definition) is 1. The number of ether oxygens (including phenoxy) is 1. The first-order valence-electron chi connectivity index (χ1n) is 6.48. The van der Waals surface area contributed by atoms with Gasteiger partial charge in [-0.1, -0.05) is 17.7 Å². The lowest BCUT2D eigenvalue weighted by Gasteiger charge is -2.34. The Morgan fingerprint density at radius 2 is 2.37 bits per heavy atom. The third kappa shape index (κ3) is 3.93. The zero-order chi connectivity index (χ0) is 13.8. The Balaban J connectivity index is 1.95. The average Bonchev–Trinajstić information content (AvgIpc) is 2.38. The van der Waals surface area contributed by atoms with Crippen molar-refractivity contribution >= 4 is 23.2 Å². The van der Waals surface area contributed by atoms with Gasteiger partial charge in [0, 0.05) is 23.8 Å². The normalized spacial score (nSPS) is 21.9. The Labute approximate surface area is 118 Å². The summed E-state index contributed by atoms with van der Waals surface area (Å²) in [5.74, 6) is -0.0173. The van der Waals surface area contributed by atoms with Crippen molar-refractivity contribution in [1.82, 2.24) is 4.90 Å². The van der Waals surface area contributed by atoms with E-state index in [1.165, 1.54) is 0 Å². The van der Waals surface area contributed by atoms with Crippen molar-refractivity contribution in [2.75, 3.05) is 25.0 Å². The van der Waals surface area contributed by atoms with Crippen LogP contribution >= 0.6 is 11.6 Å². The Kier molecular flexibility index (Phi) is 4.80. The van der Waals surface area contributed by atoms with Crippen molar-refractivity contribution in [3.05, 3.63) is 29.3 Å². The minimum atomic E-state index is -0.176. The molecule has 1 amide bonds. The molecule has 2 unspecified atom stereocenters. The highest BCUT2D eigenvalue weighted by Gasteiger charge is 2.25. The quantitative estimate of drug-likeness (QED) is 0.925. The van der Waals surface area contributed by atoms with Gasteiger partial charge in [0.05, 0.1) is 18.8 Å². The fraction of sp³-hybridized carbons (Fsp3) is 0.500. The summed E-state index contributed by atoms with van der Waals surface area (Å²) >= 11 is 5.90. The van der Waals surface area contributed by atoms with Gasteiger partial charge in [0.25, 0.3) is 0 Å². The number of nitrogens with one attached hydrogen (secondary N) is 1. The largest absolute Gasteiger partial charge is 0.376 e. The predicted molar refractivity (Wildman–Crippen MR) is 76.5 cm³/mol. The Bertz CT molecular complexity index is 453. The van der Waals surface area contributed by atoms with Gasteiger partial charge in [0.2, 0.25) is 5.91 Å². The zero-order valence-corrected chi connectivity index (χ0v) is 12.0. The van der Waals surface area contributed by atoms with Gasteiger partial charge in [-0.3, -0.25) is 9.69 Å². The molecule has 2 rings (SSSR count). The summed E-state index contributed by atoms with van der Waals surface area (Å²) < 4.78 is 5.48. The Morgan fingerprint density at radius 1 is 1.58 bits per heavy atom. The molecule has 0 spiro atoms. The summed E-state index contributed by atoms with van der Waals surface area (Å²) in [6.07, 6.45) is 0.176. The van der Waals surface area contributed by atoms with Crippen LogP contribution in [0.5, 0.6) is 0 Å². The summed E-state index contributed by atoms with van der Waals surface area (Å²) in [6, 6.07) is 7.00. The van der Waals surface area contributed by atoms with Crippen molar-refractivity contribution in [2.45, 2.75) is 26.0 Å². The van der Waals surface area contributed by atoms with E-state index in [0.717, 1.165) is 18.8 Å². The fourth-order valence-electron chi connectivity index (χ4n) is 2.18. The highest BCUT2D eigenvalue weighted by atomic mass is 35.5. The van der Waals surface area contributed by atoms with Crippen LogP contribution in [0.4, 0.5) is 5.69 Å². The molecule has 1 aliphatic rings. The van der Waals surface area contributed by atoms with Crippen LogP contribution in [0.25, 0.3) is 0 Å². The van der Waals surface area contributed by atoms with Crippen LogP contribution in [-0.2, 0) is 9.53 Å². The van der Waals surface area contributed by atoms with E-state index in [9.17, 15) is 4.79 Å². The first-order chi connectivity index (χ1) is 9.06. The predicted octanol–water partition coefficient (Wildman–Crippen LogP) is 2.39. The van der Waals surface area contributed by atoms with E-state index in [4.69, 9.17) is 16.3 Å². The third-order valence-corrected chi connectivity index (χ3v) is 3.53. The van der Waals surface area contributed by atoms with Gasteiger partial charge in [-0.15, -0.1) is 0 Å². The van der Waals surface area contributed by atoms with Crippen molar-refractivity contribution in [3.8, 4) is 0 Å². The molecule has 19 heavy (non-hydrogen) atoms. The van der Waals surface area contributed by atoms with Crippen LogP contribution in [0.15, 0.2) is 24.3 Å². The summed E-state index contributed by atoms with van der Waals surface area (Å²) in [5.41, 5.74) is 0.727. The number of nitrogens with zero attached hydrogens (tertiary/aromatic N) is 1. The maximum atomic E-state index is 12.2. The molecule has 1 N–H and O–H groups in total. The number of morpholine rings is 1. The van der Waals surface area contributed by atoms with Crippen LogP contribution in [0.3, 0.4) is 0 Å². The second-order valence-corrected chi connectivity index (χ2v) is 5.29. The van der Waals surface area contributed by atoms with Crippen molar-refractivity contribution in [2.24, 2.45) is 0 Å². The van der Waals surface area contributed by atoms with Gasteiger partial charge in [0.15, 0.2) is 0 Å². The molecule has 1 aliphatic heterocycles. The van der Waals surface area contributed by atoms with E-state index in [0.29, 0.717) is 11.6 Å². The molecule has 1 heterocycles. The number of hydrogen-bond acceptors (Lipinski definition) is 3. The van der Waals surface area contributed by atoms with E-state index in [-0.39, 0.29) is 18.1 Å². The molecule has 1 aromatic rings. The lowest BCUT2D eigenvalue weighted by molar-refractivity contribution is -0.123. The molecule has 1 saturated heterocycles. The third-order valence-electron chi connectivity index (χ3n) is 3.29. The van der Waals surface area contributed by atoms with E-state index >= 15 is 0 Å². The molecule has 4 nitrogen and oxygen atoms in total. The second kappa shape index (κ2) is 6.37. The molecule has 2 atom stereocenters. The van der Waals surface area contributed by atoms with Crippen molar-refractivity contribution in [1.29, 1.82) is 0 Å². The number of halogens is 1. The second-order valence-electron chi connectivity index (χ2n) is 4.85. The van der Waals surface area contributed by atoms with Crippen LogP contribution in [-0.4, -0.2) is 42.6 Å². The summed E-state index contributed by atoms with van der Waals surface area (Å²) in [4.78, 5) is 14.3. The van der Waals surface area contributed by atoms with E-state index in [2.05, 4.69) is 10.2 Å². The minimum Gasteiger partial charge on any atom is -0.376 e. The van der Waals surface area contributed by atoms with Gasteiger partial charge >= 0.3 is 0 Å². The minimum absolute atomic E-state index is 0.0173. The maximum absolute atomic E-state index is 12.2. The number of amides is 1. The topological polar surface area (TPSA) is 41.6 Å². The molecular formula is C14H19ClN2O2. The Hall–Kier alpha value is -1.10. The van der Waals surface area contributed by atoms with Crippen LogP contribution in [0, 0.1) is 0 Å². The van der Waals surface area contributed by atoms with Crippen LogP contribution < -0.4 is 5.32 Å². The molecular weight excluding hydrogens is 264 g/mol. The molecule has 1 fully saturated rings.